The van der Waals surface area contributed by atoms with Gasteiger partial charge in [0.2, 0.25) is 0 Å². The summed E-state index contributed by atoms with van der Waals surface area (Å²) in [6.45, 7) is 8.53. The maximum absolute atomic E-state index is 12.6. The summed E-state index contributed by atoms with van der Waals surface area (Å²) < 4.78 is 0. The summed E-state index contributed by atoms with van der Waals surface area (Å²) in [5.74, 6) is 0.384. The predicted octanol–water partition coefficient (Wildman–Crippen LogP) is 4.67. The average Bonchev–Trinajstić information content (AvgIpc) is 2.69. The minimum atomic E-state index is 0.00239. The molecular formula is C23H29N3O. The van der Waals surface area contributed by atoms with E-state index in [1.807, 2.05) is 29.2 Å². The molecule has 0 unspecified atom stereocenters. The van der Waals surface area contributed by atoms with E-state index in [9.17, 15) is 4.79 Å². The number of hydrogen-bond donors (Lipinski definition) is 1. The van der Waals surface area contributed by atoms with Gasteiger partial charge in [0.25, 0.3) is 0 Å². The summed E-state index contributed by atoms with van der Waals surface area (Å²) in [4.78, 5) is 16.9. The zero-order valence-electron chi connectivity index (χ0n) is 16.3. The Morgan fingerprint density at radius 3 is 2.37 bits per heavy atom. The van der Waals surface area contributed by atoms with Crippen LogP contribution in [-0.2, 0) is 0 Å². The molecule has 2 aromatic rings. The molecule has 1 fully saturated rings. The van der Waals surface area contributed by atoms with Crippen molar-refractivity contribution >= 4 is 17.8 Å². The third kappa shape index (κ3) is 5.44. The van der Waals surface area contributed by atoms with E-state index in [0.29, 0.717) is 5.92 Å². The summed E-state index contributed by atoms with van der Waals surface area (Å²) in [6, 6.07) is 18.4. The molecule has 1 aliphatic rings. The first-order valence-electron chi connectivity index (χ1n) is 9.72. The molecule has 0 aromatic heterocycles. The fourth-order valence-corrected chi connectivity index (χ4v) is 3.34. The maximum atomic E-state index is 12.6. The lowest BCUT2D eigenvalue weighted by Gasteiger charge is -2.34. The summed E-state index contributed by atoms with van der Waals surface area (Å²) >= 11 is 0. The normalized spacial score (nSPS) is 15.4. The highest BCUT2D eigenvalue weighted by molar-refractivity contribution is 5.90. The smallest absolute Gasteiger partial charge is 0.321 e. The number of piperazine rings is 1. The van der Waals surface area contributed by atoms with Crippen LogP contribution >= 0.6 is 0 Å². The summed E-state index contributed by atoms with van der Waals surface area (Å²) in [5, 5.41) is 3.10. The molecule has 1 saturated heterocycles. The molecule has 0 aliphatic carbocycles. The van der Waals surface area contributed by atoms with Gasteiger partial charge in [-0.2, -0.15) is 0 Å². The van der Waals surface area contributed by atoms with Crippen LogP contribution < -0.4 is 5.32 Å². The number of urea groups is 1. The summed E-state index contributed by atoms with van der Waals surface area (Å²) in [6.07, 6.45) is 4.35. The van der Waals surface area contributed by atoms with Crippen LogP contribution in [0.25, 0.3) is 6.08 Å². The van der Waals surface area contributed by atoms with E-state index < -0.39 is 0 Å². The van der Waals surface area contributed by atoms with E-state index in [0.717, 1.165) is 38.4 Å². The van der Waals surface area contributed by atoms with E-state index in [-0.39, 0.29) is 6.03 Å². The van der Waals surface area contributed by atoms with Crippen LogP contribution in [0.3, 0.4) is 0 Å². The molecule has 27 heavy (non-hydrogen) atoms. The number of rotatable bonds is 5. The fourth-order valence-electron chi connectivity index (χ4n) is 3.34. The number of carbonyl (C=O) groups is 1. The Morgan fingerprint density at radius 2 is 1.67 bits per heavy atom. The van der Waals surface area contributed by atoms with E-state index in [1.54, 1.807) is 0 Å². The van der Waals surface area contributed by atoms with Crippen LogP contribution in [0.1, 0.15) is 30.9 Å². The molecule has 0 spiro atoms. The minimum Gasteiger partial charge on any atom is -0.322 e. The lowest BCUT2D eigenvalue weighted by atomic mass is 10.0. The molecule has 2 amide bonds. The van der Waals surface area contributed by atoms with Gasteiger partial charge >= 0.3 is 6.03 Å². The van der Waals surface area contributed by atoms with Crippen molar-refractivity contribution in [2.45, 2.75) is 19.8 Å². The number of para-hydroxylation sites is 1. The van der Waals surface area contributed by atoms with Crippen molar-refractivity contribution in [2.75, 3.05) is 38.0 Å². The standard InChI is InChI=1S/C23H29N3O/c1-19(2)21-12-6-7-13-22(21)24-23(27)26-17-15-25(16-18-26)14-8-11-20-9-4-3-5-10-20/h3-13,19H,14-18H2,1-2H3,(H,24,27). The predicted molar refractivity (Wildman–Crippen MR) is 113 cm³/mol. The van der Waals surface area contributed by atoms with Crippen LogP contribution in [-0.4, -0.2) is 48.6 Å². The fraction of sp³-hybridized carbons (Fsp3) is 0.348. The van der Waals surface area contributed by atoms with Crippen LogP contribution in [0.15, 0.2) is 60.7 Å². The molecule has 4 heteroatoms. The van der Waals surface area contributed by atoms with Gasteiger partial charge in [0.15, 0.2) is 0 Å². The van der Waals surface area contributed by atoms with Crippen molar-refractivity contribution in [3.63, 3.8) is 0 Å². The van der Waals surface area contributed by atoms with E-state index in [4.69, 9.17) is 0 Å². The molecule has 142 valence electrons. The van der Waals surface area contributed by atoms with Gasteiger partial charge in [-0.05, 0) is 23.1 Å². The van der Waals surface area contributed by atoms with Crippen LogP contribution in [0.2, 0.25) is 0 Å². The lowest BCUT2D eigenvalue weighted by Crippen LogP contribution is -2.50. The topological polar surface area (TPSA) is 35.6 Å². The van der Waals surface area contributed by atoms with Crippen molar-refractivity contribution in [1.29, 1.82) is 0 Å². The van der Waals surface area contributed by atoms with Crippen molar-refractivity contribution in [3.05, 3.63) is 71.8 Å². The second kappa shape index (κ2) is 9.38. The number of anilines is 1. The van der Waals surface area contributed by atoms with Gasteiger partial charge in [-0.25, -0.2) is 4.79 Å². The highest BCUT2D eigenvalue weighted by atomic mass is 16.2. The number of nitrogens with one attached hydrogen (secondary N) is 1. The monoisotopic (exact) mass is 363 g/mol. The highest BCUT2D eigenvalue weighted by Crippen LogP contribution is 2.24. The molecule has 3 rings (SSSR count). The SMILES string of the molecule is CC(C)c1ccccc1NC(=O)N1CCN(CC=Cc2ccccc2)CC1. The Balaban J connectivity index is 1.47. The highest BCUT2D eigenvalue weighted by Gasteiger charge is 2.21. The Bertz CT molecular complexity index is 762. The summed E-state index contributed by atoms with van der Waals surface area (Å²) in [7, 11) is 0. The van der Waals surface area contributed by atoms with Gasteiger partial charge in [0.1, 0.15) is 0 Å². The second-order valence-electron chi connectivity index (χ2n) is 7.27. The summed E-state index contributed by atoms with van der Waals surface area (Å²) in [5.41, 5.74) is 3.32. The number of carbonyl (C=O) groups excluding carboxylic acids is 1. The molecule has 0 radical (unpaired) electrons. The van der Waals surface area contributed by atoms with Gasteiger partial charge < -0.3 is 10.2 Å². The molecular weight excluding hydrogens is 334 g/mol. The zero-order chi connectivity index (χ0) is 19.1. The van der Waals surface area contributed by atoms with E-state index >= 15 is 0 Å². The first-order valence-corrected chi connectivity index (χ1v) is 9.72. The Kier molecular flexibility index (Phi) is 6.66. The molecule has 4 nitrogen and oxygen atoms in total. The van der Waals surface area contributed by atoms with Gasteiger partial charge in [-0.1, -0.05) is 74.5 Å². The number of nitrogens with zero attached hydrogens (tertiary/aromatic N) is 2. The molecule has 0 atom stereocenters. The number of hydrogen-bond acceptors (Lipinski definition) is 2. The lowest BCUT2D eigenvalue weighted by molar-refractivity contribution is 0.156. The molecule has 2 aromatic carbocycles. The number of amides is 2. The molecule has 0 bridgehead atoms. The Morgan fingerprint density at radius 1 is 1.00 bits per heavy atom. The minimum absolute atomic E-state index is 0.00239. The molecule has 0 saturated carbocycles. The van der Waals surface area contributed by atoms with Gasteiger partial charge in [-0.3, -0.25) is 4.90 Å². The van der Waals surface area contributed by atoms with Crippen LogP contribution in [0, 0.1) is 0 Å². The van der Waals surface area contributed by atoms with Crippen LogP contribution in [0.5, 0.6) is 0 Å². The molecule has 1 heterocycles. The van der Waals surface area contributed by atoms with Crippen molar-refractivity contribution < 1.29 is 4.79 Å². The Labute approximate surface area is 162 Å². The molecule has 1 aliphatic heterocycles. The van der Waals surface area contributed by atoms with Gasteiger partial charge in [0.05, 0.1) is 0 Å². The largest absolute Gasteiger partial charge is 0.322 e. The Hall–Kier alpha value is -2.59. The van der Waals surface area contributed by atoms with Crippen molar-refractivity contribution in [3.8, 4) is 0 Å². The first-order chi connectivity index (χ1) is 13.1. The first kappa shape index (κ1) is 19.2. The number of benzene rings is 2. The third-order valence-corrected chi connectivity index (χ3v) is 4.96. The zero-order valence-corrected chi connectivity index (χ0v) is 16.3. The van der Waals surface area contributed by atoms with Gasteiger partial charge in [-0.15, -0.1) is 0 Å². The third-order valence-electron chi connectivity index (χ3n) is 4.96. The quantitative estimate of drug-likeness (QED) is 0.838. The van der Waals surface area contributed by atoms with Gasteiger partial charge in [0, 0.05) is 38.4 Å². The van der Waals surface area contributed by atoms with Crippen LogP contribution in [0.4, 0.5) is 10.5 Å². The van der Waals surface area contributed by atoms with Crippen molar-refractivity contribution in [2.24, 2.45) is 0 Å². The van der Waals surface area contributed by atoms with E-state index in [1.165, 1.54) is 11.1 Å². The van der Waals surface area contributed by atoms with Crippen molar-refractivity contribution in [1.82, 2.24) is 9.80 Å². The molecule has 1 N–H and O–H groups in total. The maximum Gasteiger partial charge on any atom is 0.321 e. The second-order valence-corrected chi connectivity index (χ2v) is 7.27. The average molecular weight is 364 g/mol. The van der Waals surface area contributed by atoms with E-state index in [2.05, 4.69) is 66.5 Å².